The highest BCUT2D eigenvalue weighted by Crippen LogP contribution is 2.26. The molecule has 1 heterocycles. The maximum atomic E-state index is 12.9. The van der Waals surface area contributed by atoms with Crippen molar-refractivity contribution in [2.45, 2.75) is 27.2 Å². The van der Waals surface area contributed by atoms with Crippen LogP contribution in [-0.4, -0.2) is 20.7 Å². The average molecular weight is 431 g/mol. The van der Waals surface area contributed by atoms with E-state index in [1.807, 2.05) is 74.5 Å². The molecule has 0 aliphatic carbocycles. The number of benzene rings is 3. The van der Waals surface area contributed by atoms with E-state index in [0.29, 0.717) is 16.5 Å². The van der Waals surface area contributed by atoms with Crippen molar-refractivity contribution in [2.75, 3.05) is 5.32 Å². The fraction of sp³-hybridized carbons (Fsp3) is 0.160. The van der Waals surface area contributed by atoms with Gasteiger partial charge >= 0.3 is 0 Å². The van der Waals surface area contributed by atoms with Crippen LogP contribution in [0.1, 0.15) is 34.2 Å². The van der Waals surface area contributed by atoms with Gasteiger partial charge in [0, 0.05) is 16.3 Å². The van der Waals surface area contributed by atoms with Gasteiger partial charge in [-0.05, 0) is 67.3 Å². The van der Waals surface area contributed by atoms with Gasteiger partial charge in [0.1, 0.15) is 0 Å². The summed E-state index contributed by atoms with van der Waals surface area (Å²) in [6, 6.07) is 21.1. The van der Waals surface area contributed by atoms with E-state index in [0.717, 1.165) is 28.8 Å². The zero-order chi connectivity index (χ0) is 22.0. The Balaban J connectivity index is 1.77. The standard InChI is InChI=1S/C25H23ClN4O/c1-4-18-11-13-21(14-12-18)27-25(31)23-28-24(19-8-6-9-20(26)15-19)30(29-23)22-10-5-7-16(2)17(22)3/h5-15H,4H2,1-3H3,(H,27,31). The molecule has 0 bridgehead atoms. The summed E-state index contributed by atoms with van der Waals surface area (Å²) in [4.78, 5) is 17.5. The van der Waals surface area contributed by atoms with Crippen molar-refractivity contribution in [3.05, 3.63) is 94.3 Å². The van der Waals surface area contributed by atoms with E-state index < -0.39 is 0 Å². The van der Waals surface area contributed by atoms with Gasteiger partial charge in [-0.15, -0.1) is 5.10 Å². The Bertz CT molecular complexity index is 1240. The van der Waals surface area contributed by atoms with Crippen LogP contribution >= 0.6 is 11.6 Å². The molecule has 31 heavy (non-hydrogen) atoms. The number of nitrogens with one attached hydrogen (secondary N) is 1. The highest BCUT2D eigenvalue weighted by molar-refractivity contribution is 6.30. The minimum Gasteiger partial charge on any atom is -0.319 e. The molecule has 3 aromatic carbocycles. The summed E-state index contributed by atoms with van der Waals surface area (Å²) in [6.07, 6.45) is 0.943. The highest BCUT2D eigenvalue weighted by Gasteiger charge is 2.20. The van der Waals surface area contributed by atoms with E-state index in [4.69, 9.17) is 11.6 Å². The Morgan fingerprint density at radius 3 is 2.48 bits per heavy atom. The lowest BCUT2D eigenvalue weighted by molar-refractivity contribution is 0.101. The van der Waals surface area contributed by atoms with E-state index in [2.05, 4.69) is 22.3 Å². The van der Waals surface area contributed by atoms with Crippen molar-refractivity contribution < 1.29 is 4.79 Å². The largest absolute Gasteiger partial charge is 0.319 e. The predicted molar refractivity (Wildman–Crippen MR) is 125 cm³/mol. The predicted octanol–water partition coefficient (Wildman–Crippen LogP) is 6.02. The topological polar surface area (TPSA) is 59.8 Å². The maximum Gasteiger partial charge on any atom is 0.295 e. The van der Waals surface area contributed by atoms with Crippen molar-refractivity contribution in [1.82, 2.24) is 14.8 Å². The van der Waals surface area contributed by atoms with Crippen LogP contribution in [-0.2, 0) is 6.42 Å². The lowest BCUT2D eigenvalue weighted by Crippen LogP contribution is -2.14. The van der Waals surface area contributed by atoms with Gasteiger partial charge in [-0.1, -0.05) is 54.9 Å². The first-order valence-electron chi connectivity index (χ1n) is 10.2. The van der Waals surface area contributed by atoms with Gasteiger partial charge in [-0.2, -0.15) is 0 Å². The molecule has 1 aromatic heterocycles. The van der Waals surface area contributed by atoms with Crippen molar-refractivity contribution in [2.24, 2.45) is 0 Å². The number of nitrogens with zero attached hydrogens (tertiary/aromatic N) is 3. The first kappa shape index (κ1) is 20.8. The molecule has 5 nitrogen and oxygen atoms in total. The monoisotopic (exact) mass is 430 g/mol. The molecule has 0 spiro atoms. The normalized spacial score (nSPS) is 10.8. The zero-order valence-electron chi connectivity index (χ0n) is 17.7. The van der Waals surface area contributed by atoms with Crippen LogP contribution in [0.25, 0.3) is 17.1 Å². The molecule has 0 saturated heterocycles. The van der Waals surface area contributed by atoms with Gasteiger partial charge < -0.3 is 5.32 Å². The summed E-state index contributed by atoms with van der Waals surface area (Å²) < 4.78 is 1.71. The van der Waals surface area contributed by atoms with E-state index in [1.54, 1.807) is 10.7 Å². The second-order valence-electron chi connectivity index (χ2n) is 7.40. The summed E-state index contributed by atoms with van der Waals surface area (Å²) in [5, 5.41) is 8.05. The molecule has 0 fully saturated rings. The molecule has 1 amide bonds. The Kier molecular flexibility index (Phi) is 5.87. The van der Waals surface area contributed by atoms with Gasteiger partial charge in [0.05, 0.1) is 5.69 Å². The van der Waals surface area contributed by atoms with Crippen LogP contribution in [0.2, 0.25) is 5.02 Å². The number of hydrogen-bond acceptors (Lipinski definition) is 3. The highest BCUT2D eigenvalue weighted by atomic mass is 35.5. The second kappa shape index (κ2) is 8.74. The van der Waals surface area contributed by atoms with Crippen LogP contribution in [0.3, 0.4) is 0 Å². The van der Waals surface area contributed by atoms with Crippen LogP contribution in [0.15, 0.2) is 66.7 Å². The minimum atomic E-state index is -0.364. The third-order valence-electron chi connectivity index (χ3n) is 5.32. The number of anilines is 1. The van der Waals surface area contributed by atoms with Crippen LogP contribution in [0, 0.1) is 13.8 Å². The molecule has 0 unspecified atom stereocenters. The number of hydrogen-bond donors (Lipinski definition) is 1. The van der Waals surface area contributed by atoms with Crippen LogP contribution in [0.4, 0.5) is 5.69 Å². The first-order valence-corrected chi connectivity index (χ1v) is 10.5. The molecular weight excluding hydrogens is 408 g/mol. The van der Waals surface area contributed by atoms with E-state index in [1.165, 1.54) is 5.56 Å². The van der Waals surface area contributed by atoms with Gasteiger partial charge in [0.25, 0.3) is 5.91 Å². The molecule has 0 saturated carbocycles. The van der Waals surface area contributed by atoms with Gasteiger partial charge in [-0.25, -0.2) is 9.67 Å². The average Bonchev–Trinajstić information content (AvgIpc) is 3.22. The number of aryl methyl sites for hydroxylation is 2. The summed E-state index contributed by atoms with van der Waals surface area (Å²) in [7, 11) is 0. The second-order valence-corrected chi connectivity index (χ2v) is 7.84. The number of carbonyl (C=O) groups excluding carboxylic acids is 1. The molecule has 0 aliphatic heterocycles. The third-order valence-corrected chi connectivity index (χ3v) is 5.55. The molecular formula is C25H23ClN4O. The van der Waals surface area contributed by atoms with Crippen molar-refractivity contribution in [3.63, 3.8) is 0 Å². The molecule has 0 atom stereocenters. The van der Waals surface area contributed by atoms with Crippen LogP contribution in [0.5, 0.6) is 0 Å². The number of rotatable bonds is 5. The maximum absolute atomic E-state index is 12.9. The number of halogens is 1. The summed E-state index contributed by atoms with van der Waals surface area (Å²) in [6.45, 7) is 6.17. The lowest BCUT2D eigenvalue weighted by atomic mass is 10.1. The summed E-state index contributed by atoms with van der Waals surface area (Å²) in [5.41, 5.74) is 5.76. The molecule has 0 radical (unpaired) electrons. The number of carbonyl (C=O) groups is 1. The quantitative estimate of drug-likeness (QED) is 0.421. The Labute approximate surface area is 186 Å². The van der Waals surface area contributed by atoms with Crippen molar-refractivity contribution in [3.8, 4) is 17.1 Å². The van der Waals surface area contributed by atoms with E-state index in [-0.39, 0.29) is 11.7 Å². The van der Waals surface area contributed by atoms with Gasteiger partial charge in [0.2, 0.25) is 5.82 Å². The minimum absolute atomic E-state index is 0.0930. The zero-order valence-corrected chi connectivity index (χ0v) is 18.4. The summed E-state index contributed by atoms with van der Waals surface area (Å²) in [5.74, 6) is 0.287. The summed E-state index contributed by atoms with van der Waals surface area (Å²) >= 11 is 6.21. The fourth-order valence-corrected chi connectivity index (χ4v) is 3.56. The fourth-order valence-electron chi connectivity index (χ4n) is 3.37. The van der Waals surface area contributed by atoms with Gasteiger partial charge in [-0.3, -0.25) is 4.79 Å². The van der Waals surface area contributed by atoms with E-state index in [9.17, 15) is 4.79 Å². The molecule has 4 rings (SSSR count). The first-order chi connectivity index (χ1) is 15.0. The van der Waals surface area contributed by atoms with E-state index >= 15 is 0 Å². The van der Waals surface area contributed by atoms with Crippen LogP contribution < -0.4 is 5.32 Å². The van der Waals surface area contributed by atoms with Gasteiger partial charge in [0.15, 0.2) is 5.82 Å². The Morgan fingerprint density at radius 2 is 1.77 bits per heavy atom. The van der Waals surface area contributed by atoms with Crippen molar-refractivity contribution in [1.29, 1.82) is 0 Å². The Morgan fingerprint density at radius 1 is 1.03 bits per heavy atom. The smallest absolute Gasteiger partial charge is 0.295 e. The third kappa shape index (κ3) is 4.37. The van der Waals surface area contributed by atoms with Crippen molar-refractivity contribution >= 4 is 23.2 Å². The lowest BCUT2D eigenvalue weighted by Gasteiger charge is -2.11. The molecule has 1 N–H and O–H groups in total. The SMILES string of the molecule is CCc1ccc(NC(=O)c2nc(-c3cccc(Cl)c3)n(-c3cccc(C)c3C)n2)cc1. The molecule has 0 aliphatic rings. The number of amides is 1. The molecule has 156 valence electrons. The molecule has 6 heteroatoms. The molecule has 4 aromatic rings. The number of aromatic nitrogens is 3. The Hall–Kier alpha value is -3.44.